The van der Waals surface area contributed by atoms with Crippen molar-refractivity contribution in [3.63, 3.8) is 0 Å². The fourth-order valence-corrected chi connectivity index (χ4v) is 2.85. The number of nitrogens with zero attached hydrogens (tertiary/aromatic N) is 1. The highest BCUT2D eigenvalue weighted by atomic mass is 127. The molecule has 0 saturated carbocycles. The molecule has 1 aliphatic heterocycles. The Kier molecular flexibility index (Phi) is 4.68. The van der Waals surface area contributed by atoms with Crippen molar-refractivity contribution in [3.05, 3.63) is 27.8 Å². The van der Waals surface area contributed by atoms with Gasteiger partial charge in [-0.3, -0.25) is 0 Å². The lowest BCUT2D eigenvalue weighted by Crippen LogP contribution is -2.42. The Balaban J connectivity index is 1.67. The number of halogens is 1. The number of rotatable bonds is 5. The minimum Gasteiger partial charge on any atom is -0.493 e. The molecule has 94 valence electrons. The molecular formula is C14H21INO+. The first-order valence-corrected chi connectivity index (χ1v) is 7.48. The first kappa shape index (κ1) is 13.1. The van der Waals surface area contributed by atoms with Crippen molar-refractivity contribution in [2.45, 2.75) is 19.3 Å². The van der Waals surface area contributed by atoms with Gasteiger partial charge in [0.1, 0.15) is 5.75 Å². The Bertz CT molecular complexity index is 344. The van der Waals surface area contributed by atoms with E-state index in [1.807, 2.05) is 12.1 Å². The highest BCUT2D eigenvalue weighted by Gasteiger charge is 2.25. The largest absolute Gasteiger partial charge is 0.493 e. The molecule has 1 fully saturated rings. The summed E-state index contributed by atoms with van der Waals surface area (Å²) in [6.45, 7) is 4.80. The minimum absolute atomic E-state index is 0.842. The molecule has 2 rings (SSSR count). The van der Waals surface area contributed by atoms with Crippen LogP contribution < -0.4 is 4.74 Å². The second-order valence-electron chi connectivity index (χ2n) is 5.15. The smallest absolute Gasteiger partial charge is 0.119 e. The maximum Gasteiger partial charge on any atom is 0.119 e. The van der Waals surface area contributed by atoms with Gasteiger partial charge in [0.2, 0.25) is 0 Å². The number of ether oxygens (including phenoxy) is 1. The third-order valence-electron chi connectivity index (χ3n) is 3.57. The molecule has 0 aliphatic carbocycles. The van der Waals surface area contributed by atoms with Gasteiger partial charge in [0, 0.05) is 22.8 Å². The maximum absolute atomic E-state index is 5.75. The minimum atomic E-state index is 0.842. The fourth-order valence-electron chi connectivity index (χ4n) is 2.49. The zero-order chi connectivity index (χ0) is 12.1. The summed E-state index contributed by atoms with van der Waals surface area (Å²) in [4.78, 5) is 0. The zero-order valence-corrected chi connectivity index (χ0v) is 12.7. The first-order valence-electron chi connectivity index (χ1n) is 6.40. The van der Waals surface area contributed by atoms with Crippen LogP contribution in [0.25, 0.3) is 0 Å². The van der Waals surface area contributed by atoms with Crippen LogP contribution in [0.4, 0.5) is 0 Å². The fraction of sp³-hybridized carbons (Fsp3) is 0.571. The van der Waals surface area contributed by atoms with Gasteiger partial charge < -0.3 is 9.22 Å². The summed E-state index contributed by atoms with van der Waals surface area (Å²) in [5, 5.41) is 0. The Morgan fingerprint density at radius 3 is 2.47 bits per heavy atom. The van der Waals surface area contributed by atoms with E-state index >= 15 is 0 Å². The van der Waals surface area contributed by atoms with Gasteiger partial charge in [-0.15, -0.1) is 0 Å². The predicted molar refractivity (Wildman–Crippen MR) is 79.3 cm³/mol. The van der Waals surface area contributed by atoms with E-state index in [2.05, 4.69) is 41.8 Å². The zero-order valence-electron chi connectivity index (χ0n) is 10.5. The van der Waals surface area contributed by atoms with Crippen molar-refractivity contribution in [3.8, 4) is 5.75 Å². The molecule has 1 aromatic rings. The highest BCUT2D eigenvalue weighted by Crippen LogP contribution is 2.17. The molecule has 1 aromatic carbocycles. The lowest BCUT2D eigenvalue weighted by Gasteiger charge is -2.29. The summed E-state index contributed by atoms with van der Waals surface area (Å²) in [5.41, 5.74) is 0. The third-order valence-corrected chi connectivity index (χ3v) is 4.29. The van der Waals surface area contributed by atoms with E-state index in [0.29, 0.717) is 0 Å². The van der Waals surface area contributed by atoms with E-state index in [1.54, 1.807) is 0 Å². The molecule has 1 saturated heterocycles. The Morgan fingerprint density at radius 2 is 1.82 bits per heavy atom. The first-order chi connectivity index (χ1) is 8.18. The van der Waals surface area contributed by atoms with Crippen molar-refractivity contribution >= 4 is 22.6 Å². The molecule has 0 amide bonds. The molecule has 1 aliphatic rings. The highest BCUT2D eigenvalue weighted by molar-refractivity contribution is 14.1. The van der Waals surface area contributed by atoms with Crippen molar-refractivity contribution in [2.24, 2.45) is 0 Å². The summed E-state index contributed by atoms with van der Waals surface area (Å²) in [7, 11) is 2.37. The molecule has 0 N–H and O–H groups in total. The van der Waals surface area contributed by atoms with E-state index in [4.69, 9.17) is 4.74 Å². The molecule has 2 nitrogen and oxygen atoms in total. The summed E-state index contributed by atoms with van der Waals surface area (Å²) < 4.78 is 8.25. The van der Waals surface area contributed by atoms with E-state index in [1.165, 1.54) is 40.5 Å². The van der Waals surface area contributed by atoms with Gasteiger partial charge in [-0.25, -0.2) is 0 Å². The molecule has 0 bridgehead atoms. The van der Waals surface area contributed by atoms with Crippen molar-refractivity contribution in [2.75, 3.05) is 33.3 Å². The van der Waals surface area contributed by atoms with Crippen LogP contribution in [0.1, 0.15) is 19.3 Å². The van der Waals surface area contributed by atoms with Crippen LogP contribution in [0.3, 0.4) is 0 Å². The van der Waals surface area contributed by atoms with E-state index < -0.39 is 0 Å². The van der Waals surface area contributed by atoms with E-state index in [0.717, 1.165) is 18.8 Å². The number of quaternary nitrogens is 1. The summed E-state index contributed by atoms with van der Waals surface area (Å²) in [5.74, 6) is 0.995. The molecule has 17 heavy (non-hydrogen) atoms. The average molecular weight is 346 g/mol. The van der Waals surface area contributed by atoms with Crippen LogP contribution in [-0.4, -0.2) is 37.8 Å². The van der Waals surface area contributed by atoms with Crippen molar-refractivity contribution in [1.29, 1.82) is 0 Å². The standard InChI is InChI=1S/C14H21INO/c1-16(9-2-3-10-16)11-4-12-17-14-7-5-13(15)6-8-14/h5-8H,2-4,9-12H2,1H3/q+1. The average Bonchev–Trinajstić information content (AvgIpc) is 2.74. The number of likely N-dealkylation sites (tertiary alicyclic amines) is 1. The second kappa shape index (κ2) is 6.05. The van der Waals surface area contributed by atoms with Gasteiger partial charge in [-0.2, -0.15) is 0 Å². The summed E-state index contributed by atoms with van der Waals surface area (Å²) in [6, 6.07) is 8.27. The molecule has 1 heterocycles. The normalized spacial score (nSPS) is 18.2. The number of hydrogen-bond donors (Lipinski definition) is 0. The Morgan fingerprint density at radius 1 is 1.18 bits per heavy atom. The SMILES string of the molecule is C[N+]1(CCCOc2ccc(I)cc2)CCCC1. The van der Waals surface area contributed by atoms with Gasteiger partial charge in [0.05, 0.1) is 33.3 Å². The van der Waals surface area contributed by atoms with Gasteiger partial charge in [-0.1, -0.05) is 0 Å². The van der Waals surface area contributed by atoms with Crippen LogP contribution in [0.5, 0.6) is 5.75 Å². The molecule has 3 heteroatoms. The molecular weight excluding hydrogens is 325 g/mol. The van der Waals surface area contributed by atoms with E-state index in [-0.39, 0.29) is 0 Å². The predicted octanol–water partition coefficient (Wildman–Crippen LogP) is 3.30. The van der Waals surface area contributed by atoms with Crippen LogP contribution >= 0.6 is 22.6 Å². The van der Waals surface area contributed by atoms with Gasteiger partial charge in [0.15, 0.2) is 0 Å². The van der Waals surface area contributed by atoms with E-state index in [9.17, 15) is 0 Å². The van der Waals surface area contributed by atoms with Crippen LogP contribution in [0.15, 0.2) is 24.3 Å². The monoisotopic (exact) mass is 346 g/mol. The molecule has 0 spiro atoms. The van der Waals surface area contributed by atoms with Crippen LogP contribution in [0, 0.1) is 3.57 Å². The van der Waals surface area contributed by atoms with Gasteiger partial charge in [-0.05, 0) is 46.9 Å². The number of hydrogen-bond acceptors (Lipinski definition) is 1. The second-order valence-corrected chi connectivity index (χ2v) is 6.40. The topological polar surface area (TPSA) is 9.23 Å². The molecule has 0 unspecified atom stereocenters. The lowest BCUT2D eigenvalue weighted by molar-refractivity contribution is -0.897. The molecule has 0 radical (unpaired) electrons. The van der Waals surface area contributed by atoms with Crippen molar-refractivity contribution < 1.29 is 9.22 Å². The van der Waals surface area contributed by atoms with Crippen LogP contribution in [0.2, 0.25) is 0 Å². The van der Waals surface area contributed by atoms with Gasteiger partial charge in [0.25, 0.3) is 0 Å². The summed E-state index contributed by atoms with van der Waals surface area (Å²) in [6.07, 6.45) is 3.95. The number of benzene rings is 1. The lowest BCUT2D eigenvalue weighted by atomic mass is 10.3. The quantitative estimate of drug-likeness (QED) is 0.452. The molecule has 0 aromatic heterocycles. The maximum atomic E-state index is 5.75. The Labute approximate surface area is 118 Å². The van der Waals surface area contributed by atoms with Crippen LogP contribution in [-0.2, 0) is 0 Å². The molecule has 0 atom stereocenters. The third kappa shape index (κ3) is 4.14. The summed E-state index contributed by atoms with van der Waals surface area (Å²) >= 11 is 2.31. The van der Waals surface area contributed by atoms with Crippen molar-refractivity contribution in [1.82, 2.24) is 0 Å². The Hall–Kier alpha value is -0.290. The van der Waals surface area contributed by atoms with Gasteiger partial charge >= 0.3 is 0 Å².